The van der Waals surface area contributed by atoms with Crippen molar-refractivity contribution < 1.29 is 28.6 Å². The molecule has 1 aromatic heterocycles. The number of benzene rings is 2. The Bertz CT molecular complexity index is 1490. The highest BCUT2D eigenvalue weighted by Gasteiger charge is 2.39. The zero-order valence-corrected chi connectivity index (χ0v) is 25.2. The highest BCUT2D eigenvalue weighted by molar-refractivity contribution is 7.16. The van der Waals surface area contributed by atoms with Gasteiger partial charge in [0.25, 0.3) is 0 Å². The van der Waals surface area contributed by atoms with Crippen LogP contribution in [0.1, 0.15) is 67.0 Å². The average Bonchev–Trinajstić information content (AvgIpc) is 3.35. The van der Waals surface area contributed by atoms with E-state index in [1.165, 1.54) is 11.3 Å². The molecule has 0 bridgehead atoms. The number of anilines is 2. The lowest BCUT2D eigenvalue weighted by atomic mass is 9.79. The minimum atomic E-state index is -0.777. The van der Waals surface area contributed by atoms with Gasteiger partial charge in [-0.2, -0.15) is 0 Å². The Balaban J connectivity index is 1.80. The third-order valence-electron chi connectivity index (χ3n) is 6.64. The number of rotatable bonds is 11. The molecule has 4 rings (SSSR count). The molecule has 1 aliphatic heterocycles. The van der Waals surface area contributed by atoms with Gasteiger partial charge in [-0.05, 0) is 51.8 Å². The van der Waals surface area contributed by atoms with Gasteiger partial charge in [0.2, 0.25) is 0 Å². The zero-order chi connectivity index (χ0) is 30.2. The molecule has 10 heteroatoms. The SMILES string of the molecule is CCOC(=O)C1=C(C)NC(C)=C(C(=O)OCC)C1c1ccccc1Nc1nc(C(=O)OCC)c(Cc2ccccc2)s1. The van der Waals surface area contributed by atoms with Gasteiger partial charge in [-0.25, -0.2) is 19.4 Å². The number of thiazole rings is 1. The third kappa shape index (κ3) is 6.71. The van der Waals surface area contributed by atoms with Crippen LogP contribution in [0.15, 0.2) is 77.1 Å². The fourth-order valence-electron chi connectivity index (χ4n) is 4.91. The first-order valence-corrected chi connectivity index (χ1v) is 14.7. The van der Waals surface area contributed by atoms with Crippen LogP contribution < -0.4 is 10.6 Å². The predicted octanol–water partition coefficient (Wildman–Crippen LogP) is 6.02. The maximum absolute atomic E-state index is 13.3. The van der Waals surface area contributed by atoms with Gasteiger partial charge in [-0.3, -0.25) is 0 Å². The molecule has 0 atom stereocenters. The summed E-state index contributed by atoms with van der Waals surface area (Å²) in [5.74, 6) is -2.33. The van der Waals surface area contributed by atoms with Crippen LogP contribution in [0, 0.1) is 0 Å². The maximum Gasteiger partial charge on any atom is 0.358 e. The molecule has 220 valence electrons. The summed E-state index contributed by atoms with van der Waals surface area (Å²) in [5, 5.41) is 6.99. The number of hydrogen-bond acceptors (Lipinski definition) is 10. The molecule has 0 aliphatic carbocycles. The van der Waals surface area contributed by atoms with Gasteiger partial charge < -0.3 is 24.8 Å². The van der Waals surface area contributed by atoms with E-state index < -0.39 is 23.8 Å². The Hall–Kier alpha value is -4.44. The number of hydrogen-bond donors (Lipinski definition) is 2. The smallest absolute Gasteiger partial charge is 0.358 e. The number of carbonyl (C=O) groups is 3. The van der Waals surface area contributed by atoms with Crippen molar-refractivity contribution >= 4 is 40.1 Å². The lowest BCUT2D eigenvalue weighted by molar-refractivity contribution is -0.139. The molecule has 0 saturated carbocycles. The number of dihydropyridines is 1. The van der Waals surface area contributed by atoms with E-state index in [-0.39, 0.29) is 25.5 Å². The van der Waals surface area contributed by atoms with E-state index in [4.69, 9.17) is 14.2 Å². The molecular weight excluding hydrogens is 554 g/mol. The number of esters is 3. The largest absolute Gasteiger partial charge is 0.463 e. The summed E-state index contributed by atoms with van der Waals surface area (Å²) in [5.41, 5.74) is 4.36. The quantitative estimate of drug-likeness (QED) is 0.205. The van der Waals surface area contributed by atoms with E-state index in [2.05, 4.69) is 15.6 Å². The summed E-state index contributed by atoms with van der Waals surface area (Å²) in [6, 6.07) is 17.2. The van der Waals surface area contributed by atoms with Gasteiger partial charge in [0, 0.05) is 28.4 Å². The first-order chi connectivity index (χ1) is 20.3. The number of nitrogens with zero attached hydrogens (tertiary/aromatic N) is 1. The summed E-state index contributed by atoms with van der Waals surface area (Å²) in [6.45, 7) is 9.37. The van der Waals surface area contributed by atoms with E-state index in [0.29, 0.717) is 45.3 Å². The number of para-hydroxylation sites is 1. The molecule has 0 spiro atoms. The Morgan fingerprint density at radius 2 is 1.36 bits per heavy atom. The molecule has 0 saturated heterocycles. The summed E-state index contributed by atoms with van der Waals surface area (Å²) >= 11 is 1.35. The van der Waals surface area contributed by atoms with Crippen LogP contribution in [0.2, 0.25) is 0 Å². The second kappa shape index (κ2) is 14.0. The monoisotopic (exact) mass is 589 g/mol. The Kier molecular flexibility index (Phi) is 10.1. The number of nitrogens with one attached hydrogen (secondary N) is 2. The lowest BCUT2D eigenvalue weighted by Gasteiger charge is -2.31. The molecule has 42 heavy (non-hydrogen) atoms. The zero-order valence-electron chi connectivity index (χ0n) is 24.4. The van der Waals surface area contributed by atoms with Crippen LogP contribution >= 0.6 is 11.3 Å². The maximum atomic E-state index is 13.3. The van der Waals surface area contributed by atoms with Gasteiger partial charge in [0.05, 0.1) is 36.9 Å². The first kappa shape index (κ1) is 30.5. The highest BCUT2D eigenvalue weighted by Crippen LogP contribution is 2.43. The molecule has 2 N–H and O–H groups in total. The average molecular weight is 590 g/mol. The third-order valence-corrected chi connectivity index (χ3v) is 7.61. The van der Waals surface area contributed by atoms with Crippen LogP contribution in [-0.4, -0.2) is 42.7 Å². The van der Waals surface area contributed by atoms with Crippen LogP contribution in [0.25, 0.3) is 0 Å². The molecule has 3 aromatic rings. The summed E-state index contributed by atoms with van der Waals surface area (Å²) < 4.78 is 16.1. The Labute approximate surface area is 249 Å². The molecule has 0 radical (unpaired) electrons. The number of ether oxygens (including phenoxy) is 3. The van der Waals surface area contributed by atoms with E-state index >= 15 is 0 Å². The van der Waals surface area contributed by atoms with Crippen molar-refractivity contribution in [3.63, 3.8) is 0 Å². The Morgan fingerprint density at radius 1 is 0.810 bits per heavy atom. The van der Waals surface area contributed by atoms with Crippen molar-refractivity contribution in [2.24, 2.45) is 0 Å². The molecule has 2 aromatic carbocycles. The number of aromatic nitrogens is 1. The van der Waals surface area contributed by atoms with Crippen LogP contribution in [0.4, 0.5) is 10.8 Å². The molecule has 0 fully saturated rings. The van der Waals surface area contributed by atoms with E-state index in [9.17, 15) is 14.4 Å². The summed E-state index contributed by atoms with van der Waals surface area (Å²) in [4.78, 5) is 44.8. The van der Waals surface area contributed by atoms with Crippen LogP contribution in [0.5, 0.6) is 0 Å². The minimum Gasteiger partial charge on any atom is -0.463 e. The number of carbonyl (C=O) groups excluding carboxylic acids is 3. The summed E-state index contributed by atoms with van der Waals surface area (Å²) in [7, 11) is 0. The molecular formula is C32H35N3O6S. The molecule has 0 amide bonds. The van der Waals surface area contributed by atoms with Gasteiger partial charge in [0.1, 0.15) is 0 Å². The van der Waals surface area contributed by atoms with Gasteiger partial charge >= 0.3 is 17.9 Å². The predicted molar refractivity (Wildman–Crippen MR) is 162 cm³/mol. The van der Waals surface area contributed by atoms with E-state index in [1.807, 2.05) is 54.6 Å². The van der Waals surface area contributed by atoms with Gasteiger partial charge in [-0.1, -0.05) is 48.5 Å². The van der Waals surface area contributed by atoms with Gasteiger partial charge in [0.15, 0.2) is 10.8 Å². The second-order valence-electron chi connectivity index (χ2n) is 9.46. The van der Waals surface area contributed by atoms with Crippen molar-refractivity contribution in [2.75, 3.05) is 25.1 Å². The second-order valence-corrected chi connectivity index (χ2v) is 10.5. The highest BCUT2D eigenvalue weighted by atomic mass is 32.1. The van der Waals surface area contributed by atoms with Crippen molar-refractivity contribution in [3.05, 3.63) is 98.8 Å². The Morgan fingerprint density at radius 3 is 1.95 bits per heavy atom. The van der Waals surface area contributed by atoms with Crippen LogP contribution in [-0.2, 0) is 30.2 Å². The fraction of sp³-hybridized carbons (Fsp3) is 0.312. The van der Waals surface area contributed by atoms with Crippen molar-refractivity contribution in [1.29, 1.82) is 0 Å². The van der Waals surface area contributed by atoms with E-state index in [0.717, 1.165) is 10.4 Å². The number of allylic oxidation sites excluding steroid dienone is 2. The fourth-order valence-corrected chi connectivity index (χ4v) is 5.90. The summed E-state index contributed by atoms with van der Waals surface area (Å²) in [6.07, 6.45) is 0.508. The lowest BCUT2D eigenvalue weighted by Crippen LogP contribution is -2.32. The molecule has 2 heterocycles. The van der Waals surface area contributed by atoms with Crippen molar-refractivity contribution in [3.8, 4) is 0 Å². The normalized spacial score (nSPS) is 13.5. The standard InChI is InChI=1S/C32H35N3O6S/c1-6-39-29(36)25-19(4)33-20(5)26(30(37)40-7-2)27(25)22-16-12-13-17-23(22)34-32-35-28(31(38)41-8-3)24(42-32)18-21-14-10-9-11-15-21/h9-17,27,33H,6-8,18H2,1-5H3,(H,34,35). The topological polar surface area (TPSA) is 116 Å². The molecule has 0 unspecified atom stereocenters. The molecule has 9 nitrogen and oxygen atoms in total. The minimum absolute atomic E-state index is 0.180. The van der Waals surface area contributed by atoms with Crippen molar-refractivity contribution in [1.82, 2.24) is 10.3 Å². The van der Waals surface area contributed by atoms with E-state index in [1.54, 1.807) is 34.6 Å². The first-order valence-electron chi connectivity index (χ1n) is 13.9. The molecule has 1 aliphatic rings. The van der Waals surface area contributed by atoms with Gasteiger partial charge in [-0.15, -0.1) is 11.3 Å². The van der Waals surface area contributed by atoms with Crippen LogP contribution in [0.3, 0.4) is 0 Å². The van der Waals surface area contributed by atoms with Crippen molar-refractivity contribution in [2.45, 2.75) is 47.0 Å².